The van der Waals surface area contributed by atoms with Crippen LogP contribution in [0.15, 0.2) is 12.2 Å². The number of allylic oxidation sites excluding steroid dienone is 2. The van der Waals surface area contributed by atoms with E-state index < -0.39 is 12.8 Å². The largest absolute Gasteiger partial charge is 0.428 e. The van der Waals surface area contributed by atoms with Gasteiger partial charge in [0.1, 0.15) is 0 Å². The molecule has 0 atom stereocenters. The Bertz CT molecular complexity index is 651. The quantitative estimate of drug-likeness (QED) is 0.0581. The summed E-state index contributed by atoms with van der Waals surface area (Å²) in [6, 6.07) is 0. The molecular formula is C30H54N2O6. The van der Waals surface area contributed by atoms with Gasteiger partial charge in [0.15, 0.2) is 0 Å². The molecule has 8 nitrogen and oxygen atoms in total. The Hall–Kier alpha value is -2.38. The minimum Gasteiger partial charge on any atom is -0.428 e. The molecule has 0 rings (SSSR count). The second-order valence-corrected chi connectivity index (χ2v) is 9.82. The molecule has 0 aliphatic rings. The molecule has 0 radical (unpaired) electrons. The summed E-state index contributed by atoms with van der Waals surface area (Å²) < 4.78 is 9.82. The third kappa shape index (κ3) is 26.7. The van der Waals surface area contributed by atoms with Gasteiger partial charge < -0.3 is 20.1 Å². The Balaban J connectivity index is 3.47. The minimum absolute atomic E-state index is 0.0151. The Morgan fingerprint density at radius 2 is 1.11 bits per heavy atom. The smallest absolute Gasteiger partial charge is 0.309 e. The van der Waals surface area contributed by atoms with E-state index in [4.69, 9.17) is 9.47 Å². The highest BCUT2D eigenvalue weighted by Gasteiger charge is 2.09. The summed E-state index contributed by atoms with van der Waals surface area (Å²) in [4.78, 5) is 46.3. The first-order valence-corrected chi connectivity index (χ1v) is 14.9. The molecule has 0 aliphatic heterocycles. The average molecular weight is 539 g/mol. The van der Waals surface area contributed by atoms with Gasteiger partial charge in [0.2, 0.25) is 18.6 Å². The van der Waals surface area contributed by atoms with Gasteiger partial charge in [-0.1, -0.05) is 76.9 Å². The first-order valence-electron chi connectivity index (χ1n) is 14.9. The molecule has 0 bridgehead atoms. The van der Waals surface area contributed by atoms with Crippen molar-refractivity contribution in [1.82, 2.24) is 10.6 Å². The van der Waals surface area contributed by atoms with Gasteiger partial charge in [0, 0.05) is 32.9 Å². The van der Waals surface area contributed by atoms with Gasteiger partial charge in [-0.3, -0.25) is 19.2 Å². The maximum Gasteiger partial charge on any atom is 0.309 e. The first kappa shape index (κ1) is 35.6. The summed E-state index contributed by atoms with van der Waals surface area (Å²) in [5.74, 6) is -1.15. The van der Waals surface area contributed by atoms with Gasteiger partial charge in [-0.25, -0.2) is 0 Å². The zero-order valence-corrected chi connectivity index (χ0v) is 24.2. The number of carbonyl (C=O) groups excluding carboxylic acids is 4. The van der Waals surface area contributed by atoms with Gasteiger partial charge in [-0.2, -0.15) is 0 Å². The SMILES string of the molecule is CCCCCCCCC=CCCCCCCCC(=O)OCOC(=O)CCC(=O)NCCCCCC(=O)NC. The summed E-state index contributed by atoms with van der Waals surface area (Å²) in [6.45, 7) is 2.35. The second-order valence-electron chi connectivity index (χ2n) is 9.82. The summed E-state index contributed by atoms with van der Waals surface area (Å²) >= 11 is 0. The van der Waals surface area contributed by atoms with Crippen LogP contribution in [0.5, 0.6) is 0 Å². The predicted molar refractivity (Wildman–Crippen MR) is 151 cm³/mol. The standard InChI is InChI=1S/C30H54N2O6/c1-3-4-5-6-7-8-9-10-11-12-13-14-15-16-19-22-29(35)37-26-38-30(36)24-23-28(34)32-25-20-17-18-21-27(33)31-2/h10-11H,3-9,12-26H2,1-2H3,(H,31,33)(H,32,34). The van der Waals surface area contributed by atoms with E-state index in [1.807, 2.05) is 0 Å². The van der Waals surface area contributed by atoms with E-state index in [0.717, 1.165) is 44.9 Å². The number of unbranched alkanes of at least 4 members (excludes halogenated alkanes) is 13. The molecule has 0 heterocycles. The average Bonchev–Trinajstić information content (AvgIpc) is 2.91. The van der Waals surface area contributed by atoms with Crippen molar-refractivity contribution >= 4 is 23.8 Å². The van der Waals surface area contributed by atoms with E-state index in [0.29, 0.717) is 19.4 Å². The van der Waals surface area contributed by atoms with Crippen LogP contribution in [-0.2, 0) is 28.7 Å². The van der Waals surface area contributed by atoms with Gasteiger partial charge in [0.05, 0.1) is 6.42 Å². The fourth-order valence-corrected chi connectivity index (χ4v) is 3.89. The van der Waals surface area contributed by atoms with Crippen molar-refractivity contribution in [2.24, 2.45) is 0 Å². The number of nitrogens with one attached hydrogen (secondary N) is 2. The van der Waals surface area contributed by atoms with E-state index >= 15 is 0 Å². The third-order valence-electron chi connectivity index (χ3n) is 6.32. The fraction of sp³-hybridized carbons (Fsp3) is 0.800. The van der Waals surface area contributed by atoms with E-state index in [1.54, 1.807) is 7.05 Å². The van der Waals surface area contributed by atoms with Crippen molar-refractivity contribution in [1.29, 1.82) is 0 Å². The number of hydrogen-bond donors (Lipinski definition) is 2. The lowest BCUT2D eigenvalue weighted by molar-refractivity contribution is -0.167. The molecule has 0 aromatic carbocycles. The summed E-state index contributed by atoms with van der Waals surface area (Å²) in [6.07, 6.45) is 23.4. The van der Waals surface area contributed by atoms with Crippen molar-refractivity contribution < 1.29 is 28.7 Å². The maximum atomic E-state index is 11.8. The molecule has 2 N–H and O–H groups in total. The van der Waals surface area contributed by atoms with Crippen molar-refractivity contribution in [3.8, 4) is 0 Å². The number of amides is 2. The summed E-state index contributed by atoms with van der Waals surface area (Å²) in [7, 11) is 1.61. The highest BCUT2D eigenvalue weighted by Crippen LogP contribution is 2.10. The molecule has 0 saturated carbocycles. The summed E-state index contributed by atoms with van der Waals surface area (Å²) in [5, 5.41) is 5.31. The Labute approximate surface area is 231 Å². The van der Waals surface area contributed by atoms with E-state index in [1.165, 1.54) is 57.8 Å². The number of hydrogen-bond acceptors (Lipinski definition) is 6. The third-order valence-corrected chi connectivity index (χ3v) is 6.32. The van der Waals surface area contributed by atoms with Crippen LogP contribution in [0.25, 0.3) is 0 Å². The topological polar surface area (TPSA) is 111 Å². The second kappa shape index (κ2) is 27.6. The molecule has 220 valence electrons. The molecule has 0 spiro atoms. The van der Waals surface area contributed by atoms with Crippen LogP contribution in [0.3, 0.4) is 0 Å². The van der Waals surface area contributed by atoms with Crippen molar-refractivity contribution in [3.63, 3.8) is 0 Å². The van der Waals surface area contributed by atoms with Crippen LogP contribution >= 0.6 is 0 Å². The highest BCUT2D eigenvalue weighted by molar-refractivity contribution is 5.81. The zero-order chi connectivity index (χ0) is 28.1. The zero-order valence-electron chi connectivity index (χ0n) is 24.2. The van der Waals surface area contributed by atoms with Crippen LogP contribution in [0, 0.1) is 0 Å². The van der Waals surface area contributed by atoms with Crippen LogP contribution in [0.4, 0.5) is 0 Å². The monoisotopic (exact) mass is 538 g/mol. The van der Waals surface area contributed by atoms with E-state index in [2.05, 4.69) is 29.7 Å². The number of carbonyl (C=O) groups is 4. The maximum absolute atomic E-state index is 11.8. The molecule has 38 heavy (non-hydrogen) atoms. The molecule has 0 aliphatic carbocycles. The first-order chi connectivity index (χ1) is 18.5. The minimum atomic E-state index is -0.570. The Kier molecular flexibility index (Phi) is 25.9. The van der Waals surface area contributed by atoms with Gasteiger partial charge in [-0.05, 0) is 44.9 Å². The molecule has 0 aromatic heterocycles. The van der Waals surface area contributed by atoms with Gasteiger partial charge in [0.25, 0.3) is 0 Å². The highest BCUT2D eigenvalue weighted by atomic mass is 16.7. The van der Waals surface area contributed by atoms with E-state index in [-0.39, 0.29) is 30.6 Å². The number of ether oxygens (including phenoxy) is 2. The molecule has 2 amide bonds. The summed E-state index contributed by atoms with van der Waals surface area (Å²) in [5.41, 5.74) is 0. The molecule has 0 fully saturated rings. The van der Waals surface area contributed by atoms with Crippen LogP contribution in [-0.4, -0.2) is 44.1 Å². The van der Waals surface area contributed by atoms with Crippen molar-refractivity contribution in [2.75, 3.05) is 20.4 Å². The molecule has 0 unspecified atom stereocenters. The fourth-order valence-electron chi connectivity index (χ4n) is 3.89. The van der Waals surface area contributed by atoms with Gasteiger partial charge in [-0.15, -0.1) is 0 Å². The molecular weight excluding hydrogens is 484 g/mol. The number of esters is 2. The lowest BCUT2D eigenvalue weighted by Gasteiger charge is -2.07. The normalized spacial score (nSPS) is 10.9. The Morgan fingerprint density at radius 1 is 0.579 bits per heavy atom. The van der Waals surface area contributed by atoms with Gasteiger partial charge >= 0.3 is 11.9 Å². The lowest BCUT2D eigenvalue weighted by Crippen LogP contribution is -2.25. The number of rotatable bonds is 26. The predicted octanol–water partition coefficient (Wildman–Crippen LogP) is 6.27. The molecule has 0 saturated heterocycles. The molecule has 8 heteroatoms. The van der Waals surface area contributed by atoms with E-state index in [9.17, 15) is 19.2 Å². The lowest BCUT2D eigenvalue weighted by atomic mass is 10.1. The van der Waals surface area contributed by atoms with Crippen LogP contribution < -0.4 is 10.6 Å². The van der Waals surface area contributed by atoms with Crippen LogP contribution in [0.2, 0.25) is 0 Å². The van der Waals surface area contributed by atoms with Crippen molar-refractivity contribution in [3.05, 3.63) is 12.2 Å². The molecule has 0 aromatic rings. The van der Waals surface area contributed by atoms with Crippen LogP contribution in [0.1, 0.15) is 135 Å². The Morgan fingerprint density at radius 3 is 1.74 bits per heavy atom. The van der Waals surface area contributed by atoms with Crippen molar-refractivity contribution in [2.45, 2.75) is 135 Å².